The largest absolute Gasteiger partial charge is 0.496 e. The Balaban J connectivity index is 1.65. The molecule has 1 amide bonds. The third-order valence-electron chi connectivity index (χ3n) is 4.65. The first-order chi connectivity index (χ1) is 10.6. The van der Waals surface area contributed by atoms with Gasteiger partial charge in [0, 0.05) is 30.6 Å². The Kier molecular flexibility index (Phi) is 4.34. The average molecular weight is 307 g/mol. The van der Waals surface area contributed by atoms with Crippen molar-refractivity contribution in [1.29, 1.82) is 0 Å². The second-order valence-electron chi connectivity index (χ2n) is 6.24. The van der Waals surface area contributed by atoms with E-state index in [0.717, 1.165) is 31.5 Å². The number of likely N-dealkylation sites (tertiary alicyclic amines) is 1. The summed E-state index contributed by atoms with van der Waals surface area (Å²) in [7, 11) is 1.49. The minimum atomic E-state index is -0.356. The van der Waals surface area contributed by atoms with E-state index < -0.39 is 0 Å². The van der Waals surface area contributed by atoms with Crippen molar-refractivity contribution in [2.45, 2.75) is 38.4 Å². The molecule has 1 aromatic carbocycles. The second kappa shape index (κ2) is 6.24. The number of methoxy groups -OCH3 is 1. The van der Waals surface area contributed by atoms with Gasteiger partial charge < -0.3 is 14.4 Å². The molecule has 4 nitrogen and oxygen atoms in total. The van der Waals surface area contributed by atoms with Crippen LogP contribution in [0.15, 0.2) is 18.2 Å². The van der Waals surface area contributed by atoms with Gasteiger partial charge in [-0.15, -0.1) is 0 Å². The molecule has 2 aliphatic rings. The normalized spacial score (nSPS) is 27.6. The summed E-state index contributed by atoms with van der Waals surface area (Å²) in [5.74, 6) is 0.595. The van der Waals surface area contributed by atoms with Gasteiger partial charge in [-0.25, -0.2) is 4.39 Å². The number of carbonyl (C=O) groups is 1. The first-order valence-electron chi connectivity index (χ1n) is 7.82. The van der Waals surface area contributed by atoms with E-state index in [1.54, 1.807) is 6.07 Å². The van der Waals surface area contributed by atoms with E-state index in [9.17, 15) is 9.18 Å². The van der Waals surface area contributed by atoms with Gasteiger partial charge in [-0.2, -0.15) is 0 Å². The summed E-state index contributed by atoms with van der Waals surface area (Å²) in [4.78, 5) is 14.4. The molecule has 0 bridgehead atoms. The average Bonchev–Trinajstić information content (AvgIpc) is 2.87. The van der Waals surface area contributed by atoms with Crippen molar-refractivity contribution >= 4 is 5.91 Å². The molecular formula is C17H22FNO3. The van der Waals surface area contributed by atoms with Crippen LogP contribution in [0.1, 0.15) is 25.3 Å². The fourth-order valence-corrected chi connectivity index (χ4v) is 3.56. The molecule has 3 atom stereocenters. The number of halogens is 1. The van der Waals surface area contributed by atoms with Gasteiger partial charge in [0.2, 0.25) is 5.91 Å². The van der Waals surface area contributed by atoms with Gasteiger partial charge in [0.25, 0.3) is 0 Å². The van der Waals surface area contributed by atoms with Gasteiger partial charge in [-0.1, -0.05) is 6.07 Å². The molecule has 2 heterocycles. The number of nitrogens with zero attached hydrogens (tertiary/aromatic N) is 1. The third-order valence-corrected chi connectivity index (χ3v) is 4.65. The predicted octanol–water partition coefficient (Wildman–Crippen LogP) is 2.40. The minimum Gasteiger partial charge on any atom is -0.496 e. The molecule has 0 saturated carbocycles. The van der Waals surface area contributed by atoms with Crippen LogP contribution in [0, 0.1) is 11.7 Å². The highest BCUT2D eigenvalue weighted by atomic mass is 19.1. The predicted molar refractivity (Wildman–Crippen MR) is 80.3 cm³/mol. The van der Waals surface area contributed by atoms with Crippen LogP contribution >= 0.6 is 0 Å². The van der Waals surface area contributed by atoms with Crippen LogP contribution in [-0.2, 0) is 16.0 Å². The number of rotatable bonds is 3. The quantitative estimate of drug-likeness (QED) is 0.861. The zero-order valence-electron chi connectivity index (χ0n) is 13.0. The Morgan fingerprint density at radius 3 is 3.09 bits per heavy atom. The van der Waals surface area contributed by atoms with Crippen LogP contribution in [0.4, 0.5) is 4.39 Å². The molecule has 5 heteroatoms. The van der Waals surface area contributed by atoms with Crippen LogP contribution < -0.4 is 4.74 Å². The van der Waals surface area contributed by atoms with E-state index in [1.165, 1.54) is 19.2 Å². The topological polar surface area (TPSA) is 38.8 Å². The Bertz CT molecular complexity index is 563. The van der Waals surface area contributed by atoms with Crippen LogP contribution in [0.25, 0.3) is 0 Å². The van der Waals surface area contributed by atoms with Gasteiger partial charge in [-0.3, -0.25) is 4.79 Å². The lowest BCUT2D eigenvalue weighted by atomic mass is 9.92. The van der Waals surface area contributed by atoms with Gasteiger partial charge in [0.05, 0.1) is 25.7 Å². The van der Waals surface area contributed by atoms with E-state index >= 15 is 0 Å². The molecule has 22 heavy (non-hydrogen) atoms. The van der Waals surface area contributed by atoms with E-state index in [0.29, 0.717) is 23.9 Å². The zero-order valence-corrected chi connectivity index (χ0v) is 13.0. The van der Waals surface area contributed by atoms with Gasteiger partial charge in [-0.05, 0) is 25.8 Å². The number of fused-ring (bicyclic) bond motifs is 1. The molecule has 3 rings (SSSR count). The molecule has 0 N–H and O–H groups in total. The first-order valence-corrected chi connectivity index (χ1v) is 7.82. The molecule has 2 fully saturated rings. The number of hydrogen-bond donors (Lipinski definition) is 0. The summed E-state index contributed by atoms with van der Waals surface area (Å²) in [6.45, 7) is 3.58. The van der Waals surface area contributed by atoms with Crippen LogP contribution in [0.3, 0.4) is 0 Å². The summed E-state index contributed by atoms with van der Waals surface area (Å²) >= 11 is 0. The Labute approximate surface area is 130 Å². The SMILES string of the molecule is COc1cc(F)ccc1CC(=O)N1CC[C@@H]2O[C@H](C)C[C@@H]2C1. The monoisotopic (exact) mass is 307 g/mol. The molecule has 0 spiro atoms. The Hall–Kier alpha value is -1.62. The number of piperidine rings is 1. The number of benzene rings is 1. The van der Waals surface area contributed by atoms with E-state index in [2.05, 4.69) is 6.92 Å². The number of hydrogen-bond acceptors (Lipinski definition) is 3. The van der Waals surface area contributed by atoms with Crippen molar-refractivity contribution in [1.82, 2.24) is 4.90 Å². The minimum absolute atomic E-state index is 0.0721. The van der Waals surface area contributed by atoms with E-state index in [-0.39, 0.29) is 18.1 Å². The van der Waals surface area contributed by atoms with E-state index in [4.69, 9.17) is 9.47 Å². The number of amides is 1. The second-order valence-corrected chi connectivity index (χ2v) is 6.24. The summed E-state index contributed by atoms with van der Waals surface area (Å²) in [6.07, 6.45) is 2.77. The molecule has 0 aliphatic carbocycles. The lowest BCUT2D eigenvalue weighted by Gasteiger charge is -2.34. The highest BCUT2D eigenvalue weighted by Crippen LogP contribution is 2.33. The fourth-order valence-electron chi connectivity index (χ4n) is 3.56. The fraction of sp³-hybridized carbons (Fsp3) is 0.588. The summed E-state index contributed by atoms with van der Waals surface area (Å²) in [6, 6.07) is 4.31. The highest BCUT2D eigenvalue weighted by Gasteiger charge is 2.38. The Morgan fingerprint density at radius 1 is 1.50 bits per heavy atom. The van der Waals surface area contributed by atoms with Crippen LogP contribution in [-0.4, -0.2) is 43.2 Å². The molecule has 0 aromatic heterocycles. The van der Waals surface area contributed by atoms with Crippen molar-refractivity contribution in [2.24, 2.45) is 5.92 Å². The molecule has 120 valence electrons. The molecule has 2 saturated heterocycles. The van der Waals surface area contributed by atoms with Crippen LogP contribution in [0.2, 0.25) is 0 Å². The first kappa shape index (κ1) is 15.3. The lowest BCUT2D eigenvalue weighted by Crippen LogP contribution is -2.45. The molecular weight excluding hydrogens is 285 g/mol. The maximum atomic E-state index is 13.2. The van der Waals surface area contributed by atoms with Crippen molar-refractivity contribution in [2.75, 3.05) is 20.2 Å². The smallest absolute Gasteiger partial charge is 0.227 e. The molecule has 0 unspecified atom stereocenters. The zero-order chi connectivity index (χ0) is 15.7. The molecule has 1 aromatic rings. The highest BCUT2D eigenvalue weighted by molar-refractivity contribution is 5.79. The van der Waals surface area contributed by atoms with Crippen molar-refractivity contribution in [3.63, 3.8) is 0 Å². The maximum Gasteiger partial charge on any atom is 0.227 e. The summed E-state index contributed by atoms with van der Waals surface area (Å²) < 4.78 is 24.2. The third kappa shape index (κ3) is 3.09. The number of ether oxygens (including phenoxy) is 2. The number of carbonyl (C=O) groups excluding carboxylic acids is 1. The lowest BCUT2D eigenvalue weighted by molar-refractivity contribution is -0.133. The van der Waals surface area contributed by atoms with Gasteiger partial charge in [0.15, 0.2) is 0 Å². The summed E-state index contributed by atoms with van der Waals surface area (Å²) in [5, 5.41) is 0. The van der Waals surface area contributed by atoms with Crippen molar-refractivity contribution in [3.05, 3.63) is 29.6 Å². The maximum absolute atomic E-state index is 13.2. The van der Waals surface area contributed by atoms with Gasteiger partial charge >= 0.3 is 0 Å². The van der Waals surface area contributed by atoms with Gasteiger partial charge in [0.1, 0.15) is 11.6 Å². The van der Waals surface area contributed by atoms with Crippen molar-refractivity contribution < 1.29 is 18.7 Å². The molecule has 2 aliphatic heterocycles. The van der Waals surface area contributed by atoms with Crippen molar-refractivity contribution in [3.8, 4) is 5.75 Å². The van der Waals surface area contributed by atoms with Crippen LogP contribution in [0.5, 0.6) is 5.75 Å². The van der Waals surface area contributed by atoms with E-state index in [1.807, 2.05) is 4.90 Å². The standard InChI is InChI=1S/C17H22FNO3/c1-11-7-13-10-19(6-5-15(13)22-11)17(20)8-12-3-4-14(18)9-16(12)21-2/h3-4,9,11,13,15H,5-8,10H2,1-2H3/t11-,13-,15+/m1/s1. The Morgan fingerprint density at radius 2 is 2.32 bits per heavy atom. The summed E-state index contributed by atoms with van der Waals surface area (Å²) in [5.41, 5.74) is 0.729. The molecule has 0 radical (unpaired) electrons.